The number of carboxylic acids is 1. The van der Waals surface area contributed by atoms with Gasteiger partial charge in [0.2, 0.25) is 0 Å². The number of ether oxygens (including phenoxy) is 4. The van der Waals surface area contributed by atoms with Crippen LogP contribution in [0.1, 0.15) is 271 Å². The van der Waals surface area contributed by atoms with Crippen LogP contribution in [-0.4, -0.2) is 82.3 Å². The maximum atomic E-state index is 13.0. The molecular weight excluding hydrogens is 1220 g/mol. The molecule has 0 aromatic heterocycles. The Morgan fingerprint density at radius 3 is 0.808 bits per heavy atom. The summed E-state index contributed by atoms with van der Waals surface area (Å²) in [4.78, 5) is 37.6. The molecule has 0 aromatic carbocycles. The van der Waals surface area contributed by atoms with Crippen molar-refractivity contribution in [1.29, 1.82) is 0 Å². The number of carbonyl (C=O) groups is 3. The molecule has 9 heteroatoms. The van der Waals surface area contributed by atoms with Gasteiger partial charge in [-0.2, -0.15) is 0 Å². The van der Waals surface area contributed by atoms with Gasteiger partial charge in [0.15, 0.2) is 12.4 Å². The molecule has 0 N–H and O–H groups in total. The zero-order valence-corrected chi connectivity index (χ0v) is 63.3. The van der Waals surface area contributed by atoms with E-state index >= 15 is 0 Å². The third kappa shape index (κ3) is 78.8. The molecule has 0 fully saturated rings. The molecule has 0 aromatic rings. The molecule has 0 aliphatic rings. The first-order valence-corrected chi connectivity index (χ1v) is 38.9. The maximum Gasteiger partial charge on any atom is 0.306 e. The average Bonchev–Trinajstić information content (AvgIpc) is 1.16. The Bertz CT molecular complexity index is 2440. The lowest BCUT2D eigenvalue weighted by molar-refractivity contribution is -0.870. The number of nitrogens with zero attached hydrogens (tertiary/aromatic N) is 1. The van der Waals surface area contributed by atoms with Crippen molar-refractivity contribution >= 4 is 17.9 Å². The van der Waals surface area contributed by atoms with Gasteiger partial charge in [-0.05, 0) is 154 Å². The van der Waals surface area contributed by atoms with Gasteiger partial charge in [-0.1, -0.05) is 322 Å². The molecule has 9 nitrogen and oxygen atoms in total. The second-order valence-corrected chi connectivity index (χ2v) is 26.2. The highest BCUT2D eigenvalue weighted by Crippen LogP contribution is 2.16. The van der Waals surface area contributed by atoms with Gasteiger partial charge in [0, 0.05) is 12.8 Å². The monoisotopic (exact) mass is 1360 g/mol. The lowest BCUT2D eigenvalue weighted by atomic mass is 10.0. The van der Waals surface area contributed by atoms with E-state index in [0.29, 0.717) is 17.4 Å². The van der Waals surface area contributed by atoms with Gasteiger partial charge in [0.25, 0.3) is 0 Å². The predicted molar refractivity (Wildman–Crippen MR) is 425 cm³/mol. The molecule has 0 aliphatic carbocycles. The van der Waals surface area contributed by atoms with Crippen LogP contribution in [0.25, 0.3) is 0 Å². The summed E-state index contributed by atoms with van der Waals surface area (Å²) in [5.74, 6) is -2.34. The molecule has 0 bridgehead atoms. The van der Waals surface area contributed by atoms with Crippen LogP contribution in [0.3, 0.4) is 0 Å². The van der Waals surface area contributed by atoms with Gasteiger partial charge in [-0.3, -0.25) is 9.59 Å². The molecule has 554 valence electrons. The van der Waals surface area contributed by atoms with E-state index in [1.165, 1.54) is 70.6 Å². The molecule has 0 heterocycles. The summed E-state index contributed by atoms with van der Waals surface area (Å²) in [7, 11) is 5.91. The summed E-state index contributed by atoms with van der Waals surface area (Å²) >= 11 is 0. The number of rotatable bonds is 69. The topological polar surface area (TPSA) is 111 Å². The van der Waals surface area contributed by atoms with E-state index in [1.807, 2.05) is 21.1 Å². The zero-order valence-electron chi connectivity index (χ0n) is 63.3. The van der Waals surface area contributed by atoms with Crippen molar-refractivity contribution < 1.29 is 42.9 Å². The Balaban J connectivity index is 4.19. The number of aliphatic carboxylic acids is 1. The number of quaternary nitrogens is 1. The number of hydrogen-bond acceptors (Lipinski definition) is 8. The molecular formula is C90H141NO8. The molecule has 0 spiro atoms. The van der Waals surface area contributed by atoms with Crippen LogP contribution in [0.15, 0.2) is 219 Å². The first-order chi connectivity index (χ1) is 48.6. The summed E-state index contributed by atoms with van der Waals surface area (Å²) in [5, 5.41) is 11.9. The van der Waals surface area contributed by atoms with Crippen molar-refractivity contribution in [1.82, 2.24) is 0 Å². The van der Waals surface area contributed by atoms with Crippen molar-refractivity contribution in [2.24, 2.45) is 0 Å². The van der Waals surface area contributed by atoms with Crippen LogP contribution in [0.2, 0.25) is 0 Å². The van der Waals surface area contributed by atoms with Gasteiger partial charge in [-0.15, -0.1) is 0 Å². The molecule has 0 rings (SSSR count). The van der Waals surface area contributed by atoms with E-state index in [-0.39, 0.29) is 38.6 Å². The van der Waals surface area contributed by atoms with Crippen LogP contribution in [0, 0.1) is 0 Å². The SMILES string of the molecule is CC/C=C\C/C=C\C/C=C\C/C=C\C/C=C\C/C=C\C/C=C\C/C=C\C/C=C\C/C=C\CCCCCCC(=O)OC(COC(=O)CCCCCCCCCCCCCCCC/C=C\C/C=C\C/C=C\C/C=C\C/C=C\C/C=C\C/C=C\C/C=C\CC)COC(OCC[N+](C)(C)C)C(=O)[O-]. The Kier molecular flexibility index (Phi) is 72.4. The van der Waals surface area contributed by atoms with Gasteiger partial charge in [0.05, 0.1) is 40.3 Å². The van der Waals surface area contributed by atoms with Crippen molar-refractivity contribution in [3.63, 3.8) is 0 Å². The average molecular weight is 1370 g/mol. The third-order valence-corrected chi connectivity index (χ3v) is 15.7. The summed E-state index contributed by atoms with van der Waals surface area (Å²) in [6, 6.07) is 0. The Labute approximate surface area is 607 Å². The largest absolute Gasteiger partial charge is 0.545 e. The normalized spacial score (nSPS) is 13.9. The van der Waals surface area contributed by atoms with Crippen molar-refractivity contribution in [2.75, 3.05) is 47.5 Å². The number of carbonyl (C=O) groups excluding carboxylic acids is 3. The lowest BCUT2D eigenvalue weighted by Gasteiger charge is -2.26. The van der Waals surface area contributed by atoms with Gasteiger partial charge < -0.3 is 33.3 Å². The van der Waals surface area contributed by atoms with Crippen LogP contribution in [0.5, 0.6) is 0 Å². The summed E-state index contributed by atoms with van der Waals surface area (Å²) in [6.45, 7) is 4.47. The van der Waals surface area contributed by atoms with E-state index in [9.17, 15) is 19.5 Å². The standard InChI is InChI=1S/C90H141NO8/c1-6-8-10-12-14-16-18-20-22-24-26-28-30-32-34-36-38-40-42-43-44-45-47-48-50-52-54-56-58-60-62-64-66-68-70-72-74-76-78-80-87(92)97-84-86(85-98-90(89(94)95)96-83-82-91(3,4)5)99-88(93)81-79-77-75-73-71-69-67-65-63-61-59-57-55-53-51-49-46-41-39-37-35-33-31-29-27-25-23-21-19-17-15-13-11-9-7-2/h8-11,14-17,20-23,26-29,32-35,38-41,43-44,47-49,51,55,57,61,63,67,69,86,90H,6-7,12-13,18-19,24-25,30-31,36-37,42,45-46,50,52-54,56,58-60,62,64-66,68,70-85H2,1-5H3/b10-8-,11-9-,16-14-,17-15-,22-20-,23-21-,28-26-,29-27-,34-32-,35-33-,40-38-,41-39-,44-43-,48-47-,51-49-,57-55-,63-61-,69-67-. The minimum atomic E-state index is -1.64. The predicted octanol–water partition coefficient (Wildman–Crippen LogP) is 23.9. The Morgan fingerprint density at radius 1 is 0.303 bits per heavy atom. The first kappa shape index (κ1) is 92.6. The van der Waals surface area contributed by atoms with Gasteiger partial charge in [-0.25, -0.2) is 0 Å². The second kappa shape index (κ2) is 77.3. The quantitative estimate of drug-likeness (QED) is 0.0195. The van der Waals surface area contributed by atoms with Crippen LogP contribution in [0.4, 0.5) is 0 Å². The second-order valence-electron chi connectivity index (χ2n) is 26.2. The fourth-order valence-corrected chi connectivity index (χ4v) is 9.87. The molecule has 0 amide bonds. The smallest absolute Gasteiger partial charge is 0.306 e. The summed E-state index contributed by atoms with van der Waals surface area (Å²) in [5.41, 5.74) is 0. The van der Waals surface area contributed by atoms with Crippen molar-refractivity contribution in [3.05, 3.63) is 219 Å². The van der Waals surface area contributed by atoms with Crippen molar-refractivity contribution in [2.45, 2.75) is 283 Å². The van der Waals surface area contributed by atoms with Crippen molar-refractivity contribution in [3.8, 4) is 0 Å². The van der Waals surface area contributed by atoms with E-state index in [4.69, 9.17) is 18.9 Å². The third-order valence-electron chi connectivity index (χ3n) is 15.7. The number of likely N-dealkylation sites (N-methyl/N-ethyl adjacent to an activating group) is 1. The van der Waals surface area contributed by atoms with Crippen LogP contribution >= 0.6 is 0 Å². The van der Waals surface area contributed by atoms with E-state index in [1.54, 1.807) is 0 Å². The molecule has 0 aliphatic heterocycles. The number of hydrogen-bond donors (Lipinski definition) is 0. The Hall–Kier alpha value is -6.39. The molecule has 0 saturated heterocycles. The van der Waals surface area contributed by atoms with Gasteiger partial charge >= 0.3 is 11.9 Å². The Morgan fingerprint density at radius 2 is 0.545 bits per heavy atom. The first-order valence-electron chi connectivity index (χ1n) is 38.9. The number of esters is 2. The number of allylic oxidation sites excluding steroid dienone is 36. The molecule has 0 radical (unpaired) electrons. The number of unbranched alkanes of at least 4 members (excludes halogenated alkanes) is 18. The summed E-state index contributed by atoms with van der Waals surface area (Å²) < 4.78 is 22.8. The minimum absolute atomic E-state index is 0.131. The number of carboxylic acid groups (broad SMARTS) is 1. The van der Waals surface area contributed by atoms with E-state index in [0.717, 1.165) is 167 Å². The van der Waals surface area contributed by atoms with Crippen LogP contribution < -0.4 is 5.11 Å². The molecule has 99 heavy (non-hydrogen) atoms. The highest BCUT2D eigenvalue weighted by Gasteiger charge is 2.22. The van der Waals surface area contributed by atoms with E-state index in [2.05, 4.69) is 233 Å². The van der Waals surface area contributed by atoms with Gasteiger partial charge in [0.1, 0.15) is 13.2 Å². The highest BCUT2D eigenvalue weighted by atomic mass is 16.7. The fourth-order valence-electron chi connectivity index (χ4n) is 9.87. The molecule has 2 unspecified atom stereocenters. The lowest BCUT2D eigenvalue weighted by Crippen LogP contribution is -2.44. The highest BCUT2D eigenvalue weighted by molar-refractivity contribution is 5.70. The molecule has 0 saturated carbocycles. The molecule has 2 atom stereocenters. The fraction of sp³-hybridized carbons (Fsp3) is 0.567. The van der Waals surface area contributed by atoms with Crippen LogP contribution in [-0.2, 0) is 33.3 Å². The maximum absolute atomic E-state index is 13.0. The zero-order chi connectivity index (χ0) is 71.8. The van der Waals surface area contributed by atoms with E-state index < -0.39 is 24.3 Å². The minimum Gasteiger partial charge on any atom is -0.545 e. The summed E-state index contributed by atoms with van der Waals surface area (Å²) in [6.07, 6.45) is 119.